The summed E-state index contributed by atoms with van der Waals surface area (Å²) in [6.45, 7) is 0. The molecule has 6 saturated carbocycles. The topological polar surface area (TPSA) is 29.5 Å². The highest BCUT2D eigenvalue weighted by molar-refractivity contribution is 5.90. The fourth-order valence-corrected chi connectivity index (χ4v) is 6.21. The Balaban J connectivity index is 1.54. The van der Waals surface area contributed by atoms with Crippen molar-refractivity contribution in [2.24, 2.45) is 46.8 Å². The summed E-state index contributed by atoms with van der Waals surface area (Å²) in [5.74, 6) is 6.66. The molecule has 0 unspecified atom stereocenters. The summed E-state index contributed by atoms with van der Waals surface area (Å²) in [4.78, 5) is 17.2. The van der Waals surface area contributed by atoms with Crippen LogP contribution in [0, 0.1) is 46.8 Å². The van der Waals surface area contributed by atoms with Gasteiger partial charge in [-0.1, -0.05) is 0 Å². The van der Waals surface area contributed by atoms with E-state index in [1.54, 1.807) is 14.2 Å². The number of hydrogen-bond acceptors (Lipinski definition) is 2. The van der Waals surface area contributed by atoms with Crippen molar-refractivity contribution < 1.29 is 9.63 Å². The third kappa shape index (κ3) is 0.290. The van der Waals surface area contributed by atoms with Crippen molar-refractivity contribution in [3.8, 4) is 0 Å². The molecule has 74 valence electrons. The maximum Gasteiger partial charge on any atom is 0.252 e. The quantitative estimate of drug-likeness (QED) is 0.590. The molecule has 3 heteroatoms. The summed E-state index contributed by atoms with van der Waals surface area (Å²) in [6.07, 6.45) is 0. The predicted molar refractivity (Wildman–Crippen MR) is 46.6 cm³/mol. The molecule has 0 aromatic rings. The molecule has 0 aliphatic heterocycles. The van der Waals surface area contributed by atoms with E-state index < -0.39 is 0 Å². The van der Waals surface area contributed by atoms with E-state index in [1.165, 1.54) is 5.06 Å². The molecule has 0 aromatic carbocycles. The van der Waals surface area contributed by atoms with Crippen molar-refractivity contribution in [2.75, 3.05) is 14.2 Å². The lowest BCUT2D eigenvalue weighted by Gasteiger charge is -3.06. The van der Waals surface area contributed by atoms with Crippen molar-refractivity contribution in [1.82, 2.24) is 5.06 Å². The van der Waals surface area contributed by atoms with Crippen LogP contribution in [0.1, 0.15) is 0 Å². The summed E-state index contributed by atoms with van der Waals surface area (Å²) < 4.78 is 0. The number of hydroxylamine groups is 2. The first-order chi connectivity index (χ1) is 6.76. The second-order valence-electron chi connectivity index (χ2n) is 5.80. The van der Waals surface area contributed by atoms with Gasteiger partial charge in [-0.25, -0.2) is 5.06 Å². The van der Waals surface area contributed by atoms with Gasteiger partial charge in [0.25, 0.3) is 5.91 Å². The van der Waals surface area contributed by atoms with Crippen molar-refractivity contribution in [1.29, 1.82) is 0 Å². The molecule has 0 bridgehead atoms. The molecule has 0 aromatic heterocycles. The summed E-state index contributed by atoms with van der Waals surface area (Å²) >= 11 is 0. The fraction of sp³-hybridized carbons (Fsp3) is 0.909. The first kappa shape index (κ1) is 6.83. The first-order valence-corrected chi connectivity index (χ1v) is 5.58. The maximum absolute atomic E-state index is 12.2. The smallest absolute Gasteiger partial charge is 0.252 e. The van der Waals surface area contributed by atoms with Crippen LogP contribution in [0.3, 0.4) is 0 Å². The standard InChI is InChI=1S/C11H13NO2/c1-12(14-2)10(13)11-7-4-3-5(7)9(11)6(3)8(4)11/h3-9H,1-2H3. The van der Waals surface area contributed by atoms with E-state index in [0.29, 0.717) is 0 Å². The van der Waals surface area contributed by atoms with Crippen LogP contribution in [0.5, 0.6) is 0 Å². The molecule has 14 heavy (non-hydrogen) atoms. The highest BCUT2D eigenvalue weighted by Crippen LogP contribution is 3.06. The predicted octanol–water partition coefficient (Wildman–Crippen LogP) is 0.374. The van der Waals surface area contributed by atoms with E-state index in [2.05, 4.69) is 0 Å². The van der Waals surface area contributed by atoms with Gasteiger partial charge in [0.2, 0.25) is 0 Å². The van der Waals surface area contributed by atoms with Crippen LogP contribution in [0.2, 0.25) is 0 Å². The van der Waals surface area contributed by atoms with Gasteiger partial charge in [-0.2, -0.15) is 0 Å². The number of amides is 1. The Morgan fingerprint density at radius 2 is 1.64 bits per heavy atom. The van der Waals surface area contributed by atoms with Gasteiger partial charge in [0.05, 0.1) is 12.5 Å². The van der Waals surface area contributed by atoms with Gasteiger partial charge in [0.1, 0.15) is 0 Å². The number of carbonyl (C=O) groups excluding carboxylic acids is 1. The average Bonchev–Trinajstić information content (AvgIpc) is 2.27. The van der Waals surface area contributed by atoms with Crippen LogP contribution >= 0.6 is 0 Å². The molecule has 1 amide bonds. The normalized spacial score (nSPS) is 71.7. The fourth-order valence-electron chi connectivity index (χ4n) is 6.21. The molecular formula is C11H13NO2. The SMILES string of the molecule is CON(C)C(=O)C12C3C4C5C3C1C5C42. The zero-order valence-electron chi connectivity index (χ0n) is 8.31. The average molecular weight is 191 g/mol. The number of hydrogen-bond donors (Lipinski definition) is 0. The summed E-state index contributed by atoms with van der Waals surface area (Å²) in [7, 11) is 3.34. The lowest BCUT2D eigenvalue weighted by atomic mass is 8.96. The van der Waals surface area contributed by atoms with E-state index in [4.69, 9.17) is 4.84 Å². The Hall–Kier alpha value is -0.570. The van der Waals surface area contributed by atoms with Gasteiger partial charge in [-0.3, -0.25) is 9.63 Å². The Morgan fingerprint density at radius 3 is 2.07 bits per heavy atom. The zero-order valence-corrected chi connectivity index (χ0v) is 8.31. The second-order valence-corrected chi connectivity index (χ2v) is 5.80. The van der Waals surface area contributed by atoms with Crippen molar-refractivity contribution in [3.63, 3.8) is 0 Å². The Morgan fingerprint density at radius 1 is 1.14 bits per heavy atom. The van der Waals surface area contributed by atoms with Gasteiger partial charge in [-0.15, -0.1) is 0 Å². The van der Waals surface area contributed by atoms with Gasteiger partial charge in [0, 0.05) is 7.05 Å². The number of carbonyl (C=O) groups is 1. The van der Waals surface area contributed by atoms with E-state index in [9.17, 15) is 4.79 Å². The van der Waals surface area contributed by atoms with Gasteiger partial charge in [-0.05, 0) is 41.4 Å². The zero-order chi connectivity index (χ0) is 9.40. The monoisotopic (exact) mass is 191 g/mol. The van der Waals surface area contributed by atoms with Crippen molar-refractivity contribution >= 4 is 5.91 Å². The number of nitrogens with zero attached hydrogens (tertiary/aromatic N) is 1. The lowest BCUT2D eigenvalue weighted by Crippen LogP contribution is -3.07. The molecule has 0 N–H and O–H groups in total. The largest absolute Gasteiger partial charge is 0.275 e. The van der Waals surface area contributed by atoms with Crippen LogP contribution in [-0.2, 0) is 9.63 Å². The Labute approximate surface area is 82.3 Å². The Bertz CT molecular complexity index is 340. The van der Waals surface area contributed by atoms with Crippen molar-refractivity contribution in [2.45, 2.75) is 0 Å². The van der Waals surface area contributed by atoms with Crippen LogP contribution < -0.4 is 0 Å². The van der Waals surface area contributed by atoms with E-state index in [0.717, 1.165) is 41.4 Å². The minimum Gasteiger partial charge on any atom is -0.275 e. The summed E-state index contributed by atoms with van der Waals surface area (Å²) in [6, 6.07) is 0. The van der Waals surface area contributed by atoms with Crippen molar-refractivity contribution in [3.05, 3.63) is 0 Å². The first-order valence-electron chi connectivity index (χ1n) is 5.58. The molecule has 6 fully saturated rings. The molecule has 0 atom stereocenters. The van der Waals surface area contributed by atoms with Gasteiger partial charge in [0.15, 0.2) is 0 Å². The molecule has 6 aliphatic rings. The molecule has 3 nitrogen and oxygen atoms in total. The molecule has 0 saturated heterocycles. The lowest BCUT2D eigenvalue weighted by molar-refractivity contribution is -0.598. The summed E-state index contributed by atoms with van der Waals surface area (Å²) in [5, 5.41) is 1.46. The van der Waals surface area contributed by atoms with Gasteiger partial charge >= 0.3 is 0 Å². The third-order valence-electron chi connectivity index (χ3n) is 6.41. The summed E-state index contributed by atoms with van der Waals surface area (Å²) in [5.41, 5.74) is 0.111. The van der Waals surface area contributed by atoms with Crippen LogP contribution in [0.4, 0.5) is 0 Å². The second kappa shape index (κ2) is 1.45. The molecule has 0 spiro atoms. The minimum atomic E-state index is 0.111. The van der Waals surface area contributed by atoms with E-state index in [-0.39, 0.29) is 11.3 Å². The van der Waals surface area contributed by atoms with E-state index in [1.807, 2.05) is 0 Å². The molecule has 0 heterocycles. The molecular weight excluding hydrogens is 178 g/mol. The van der Waals surface area contributed by atoms with E-state index >= 15 is 0 Å². The molecule has 0 radical (unpaired) electrons. The van der Waals surface area contributed by atoms with Crippen LogP contribution in [-0.4, -0.2) is 25.1 Å². The highest BCUT2D eigenvalue weighted by Gasteiger charge is 3.06. The van der Waals surface area contributed by atoms with Crippen LogP contribution in [0.15, 0.2) is 0 Å². The van der Waals surface area contributed by atoms with Gasteiger partial charge < -0.3 is 0 Å². The van der Waals surface area contributed by atoms with Crippen LogP contribution in [0.25, 0.3) is 0 Å². The third-order valence-corrected chi connectivity index (χ3v) is 6.41. The molecule has 6 aliphatic carbocycles. The number of rotatable bonds is 2. The highest BCUT2D eigenvalue weighted by atomic mass is 16.7. The Kier molecular flexibility index (Phi) is 0.709. The minimum absolute atomic E-state index is 0.111. The molecule has 6 rings (SSSR count). The maximum atomic E-state index is 12.2.